The minimum absolute atomic E-state index is 0.0309. The van der Waals surface area contributed by atoms with Gasteiger partial charge in [0, 0.05) is 18.7 Å². The van der Waals surface area contributed by atoms with Crippen molar-refractivity contribution < 1.29 is 19.1 Å². The molecule has 0 radical (unpaired) electrons. The molecule has 3 rings (SSSR count). The molecule has 1 aliphatic heterocycles. The summed E-state index contributed by atoms with van der Waals surface area (Å²) in [5, 5.41) is 5.55. The summed E-state index contributed by atoms with van der Waals surface area (Å²) < 4.78 is 10.9. The monoisotopic (exact) mass is 340 g/mol. The molecule has 2 aromatic rings. The zero-order valence-corrected chi connectivity index (χ0v) is 13.8. The van der Waals surface area contributed by atoms with Crippen LogP contribution < -0.4 is 15.4 Å². The first kappa shape index (κ1) is 17.0. The topological polar surface area (TPSA) is 76.7 Å². The molecule has 2 N–H and O–H groups in total. The molecular weight excluding hydrogens is 320 g/mol. The SMILES string of the molecule is O=C1COc2cc(C(=O)NCCCOCc3ccccc3)ccc2N1. The van der Waals surface area contributed by atoms with Crippen LogP contribution >= 0.6 is 0 Å². The summed E-state index contributed by atoms with van der Waals surface area (Å²) in [5.41, 5.74) is 2.22. The smallest absolute Gasteiger partial charge is 0.262 e. The van der Waals surface area contributed by atoms with Crippen LogP contribution in [0.1, 0.15) is 22.3 Å². The van der Waals surface area contributed by atoms with Crippen LogP contribution in [0.4, 0.5) is 5.69 Å². The molecule has 0 fully saturated rings. The number of hydrogen-bond acceptors (Lipinski definition) is 4. The summed E-state index contributed by atoms with van der Waals surface area (Å²) in [5.74, 6) is 0.144. The predicted molar refractivity (Wildman–Crippen MR) is 93.6 cm³/mol. The third kappa shape index (κ3) is 4.81. The maximum absolute atomic E-state index is 12.2. The van der Waals surface area contributed by atoms with Gasteiger partial charge < -0.3 is 20.1 Å². The average molecular weight is 340 g/mol. The van der Waals surface area contributed by atoms with E-state index in [4.69, 9.17) is 9.47 Å². The van der Waals surface area contributed by atoms with E-state index in [1.807, 2.05) is 30.3 Å². The van der Waals surface area contributed by atoms with Crippen LogP contribution in [0.15, 0.2) is 48.5 Å². The van der Waals surface area contributed by atoms with Crippen molar-refractivity contribution in [3.05, 3.63) is 59.7 Å². The molecule has 0 bridgehead atoms. The summed E-state index contributed by atoms with van der Waals surface area (Å²) in [6, 6.07) is 14.9. The second-order valence-corrected chi connectivity index (χ2v) is 5.70. The maximum Gasteiger partial charge on any atom is 0.262 e. The molecule has 0 saturated heterocycles. The van der Waals surface area contributed by atoms with Gasteiger partial charge in [0.2, 0.25) is 0 Å². The number of nitrogens with one attached hydrogen (secondary N) is 2. The third-order valence-electron chi connectivity index (χ3n) is 3.74. The predicted octanol–water partition coefficient (Wildman–Crippen LogP) is 2.35. The molecule has 2 aromatic carbocycles. The molecule has 0 atom stereocenters. The number of amides is 2. The quantitative estimate of drug-likeness (QED) is 0.759. The van der Waals surface area contributed by atoms with E-state index in [1.165, 1.54) is 0 Å². The Morgan fingerprint density at radius 2 is 2.04 bits per heavy atom. The average Bonchev–Trinajstić information content (AvgIpc) is 2.64. The van der Waals surface area contributed by atoms with Gasteiger partial charge in [-0.25, -0.2) is 0 Å². The van der Waals surface area contributed by atoms with Gasteiger partial charge in [-0.3, -0.25) is 9.59 Å². The van der Waals surface area contributed by atoms with E-state index in [0.717, 1.165) is 12.0 Å². The first-order valence-corrected chi connectivity index (χ1v) is 8.19. The molecule has 0 aromatic heterocycles. The number of carbonyl (C=O) groups excluding carboxylic acids is 2. The molecule has 0 saturated carbocycles. The Kier molecular flexibility index (Phi) is 5.64. The van der Waals surface area contributed by atoms with Crippen molar-refractivity contribution in [1.82, 2.24) is 5.32 Å². The molecule has 0 unspecified atom stereocenters. The molecule has 6 nitrogen and oxygen atoms in total. The van der Waals surface area contributed by atoms with Crippen molar-refractivity contribution in [3.63, 3.8) is 0 Å². The normalized spacial score (nSPS) is 12.7. The molecule has 1 aliphatic rings. The molecule has 130 valence electrons. The Bertz CT molecular complexity index is 746. The van der Waals surface area contributed by atoms with Crippen LogP contribution in [0.2, 0.25) is 0 Å². The Morgan fingerprint density at radius 1 is 1.20 bits per heavy atom. The highest BCUT2D eigenvalue weighted by Gasteiger charge is 2.17. The summed E-state index contributed by atoms with van der Waals surface area (Å²) in [6.07, 6.45) is 0.732. The van der Waals surface area contributed by atoms with E-state index in [1.54, 1.807) is 18.2 Å². The summed E-state index contributed by atoms with van der Waals surface area (Å²) >= 11 is 0. The van der Waals surface area contributed by atoms with E-state index in [-0.39, 0.29) is 18.4 Å². The van der Waals surface area contributed by atoms with Gasteiger partial charge in [-0.2, -0.15) is 0 Å². The fourth-order valence-corrected chi connectivity index (χ4v) is 2.46. The van der Waals surface area contributed by atoms with Crippen molar-refractivity contribution in [3.8, 4) is 5.75 Å². The van der Waals surface area contributed by atoms with Gasteiger partial charge in [0.05, 0.1) is 12.3 Å². The molecule has 1 heterocycles. The molecule has 25 heavy (non-hydrogen) atoms. The second-order valence-electron chi connectivity index (χ2n) is 5.70. The molecular formula is C19H20N2O4. The van der Waals surface area contributed by atoms with Crippen molar-refractivity contribution in [2.24, 2.45) is 0 Å². The summed E-state index contributed by atoms with van der Waals surface area (Å²) in [6.45, 7) is 1.65. The number of hydrogen-bond donors (Lipinski definition) is 2. The lowest BCUT2D eigenvalue weighted by Crippen LogP contribution is -2.27. The molecule has 0 spiro atoms. The first-order valence-electron chi connectivity index (χ1n) is 8.19. The van der Waals surface area contributed by atoms with Crippen molar-refractivity contribution in [2.45, 2.75) is 13.0 Å². The van der Waals surface area contributed by atoms with Gasteiger partial charge in [0.15, 0.2) is 6.61 Å². The fraction of sp³-hybridized carbons (Fsp3) is 0.263. The van der Waals surface area contributed by atoms with E-state index in [0.29, 0.717) is 36.8 Å². The van der Waals surface area contributed by atoms with Crippen LogP contribution in [-0.4, -0.2) is 31.6 Å². The standard InChI is InChI=1S/C19H20N2O4/c22-18-13-25-17-11-15(7-8-16(17)21-18)19(23)20-9-4-10-24-12-14-5-2-1-3-6-14/h1-3,5-8,11H,4,9-10,12-13H2,(H,20,23)(H,21,22). The van der Waals surface area contributed by atoms with Gasteiger partial charge in [-0.05, 0) is 30.2 Å². The number of benzene rings is 2. The number of ether oxygens (including phenoxy) is 2. The van der Waals surface area contributed by atoms with Gasteiger partial charge in [0.25, 0.3) is 11.8 Å². The van der Waals surface area contributed by atoms with Crippen molar-refractivity contribution in [2.75, 3.05) is 25.1 Å². The van der Waals surface area contributed by atoms with Crippen LogP contribution in [0, 0.1) is 0 Å². The minimum atomic E-state index is -0.194. The zero-order chi connectivity index (χ0) is 17.5. The second kappa shape index (κ2) is 8.30. The summed E-state index contributed by atoms with van der Waals surface area (Å²) in [7, 11) is 0. The van der Waals surface area contributed by atoms with E-state index in [2.05, 4.69) is 10.6 Å². The molecule has 0 aliphatic carbocycles. The minimum Gasteiger partial charge on any atom is -0.482 e. The largest absolute Gasteiger partial charge is 0.482 e. The van der Waals surface area contributed by atoms with Crippen LogP contribution in [0.25, 0.3) is 0 Å². The highest BCUT2D eigenvalue weighted by molar-refractivity contribution is 5.98. The van der Waals surface area contributed by atoms with Gasteiger partial charge in [-0.15, -0.1) is 0 Å². The fourth-order valence-electron chi connectivity index (χ4n) is 2.46. The maximum atomic E-state index is 12.2. The van der Waals surface area contributed by atoms with Gasteiger partial charge in [0.1, 0.15) is 5.75 Å². The highest BCUT2D eigenvalue weighted by atomic mass is 16.5. The Hall–Kier alpha value is -2.86. The van der Waals surface area contributed by atoms with Gasteiger partial charge >= 0.3 is 0 Å². The highest BCUT2D eigenvalue weighted by Crippen LogP contribution is 2.28. The molecule has 2 amide bonds. The first-order chi connectivity index (χ1) is 12.2. The number of rotatable bonds is 7. The number of fused-ring (bicyclic) bond motifs is 1. The Labute approximate surface area is 146 Å². The van der Waals surface area contributed by atoms with Crippen LogP contribution in [0.3, 0.4) is 0 Å². The van der Waals surface area contributed by atoms with E-state index >= 15 is 0 Å². The lowest BCUT2D eigenvalue weighted by atomic mass is 10.1. The number of carbonyl (C=O) groups is 2. The van der Waals surface area contributed by atoms with E-state index < -0.39 is 0 Å². The summed E-state index contributed by atoms with van der Waals surface area (Å²) in [4.78, 5) is 23.4. The lowest BCUT2D eigenvalue weighted by molar-refractivity contribution is -0.118. The Balaban J connectivity index is 1.39. The van der Waals surface area contributed by atoms with Gasteiger partial charge in [-0.1, -0.05) is 30.3 Å². The van der Waals surface area contributed by atoms with Crippen LogP contribution in [-0.2, 0) is 16.1 Å². The Morgan fingerprint density at radius 3 is 2.88 bits per heavy atom. The lowest BCUT2D eigenvalue weighted by Gasteiger charge is -2.18. The van der Waals surface area contributed by atoms with Crippen molar-refractivity contribution >= 4 is 17.5 Å². The van der Waals surface area contributed by atoms with Crippen molar-refractivity contribution in [1.29, 1.82) is 0 Å². The third-order valence-corrected chi connectivity index (χ3v) is 3.74. The molecule has 6 heteroatoms. The zero-order valence-electron chi connectivity index (χ0n) is 13.8. The van der Waals surface area contributed by atoms with Crippen LogP contribution in [0.5, 0.6) is 5.75 Å². The number of anilines is 1. The van der Waals surface area contributed by atoms with E-state index in [9.17, 15) is 9.59 Å².